The molecule has 18 heavy (non-hydrogen) atoms. The van der Waals surface area contributed by atoms with Crippen molar-refractivity contribution in [2.24, 2.45) is 0 Å². The van der Waals surface area contributed by atoms with Gasteiger partial charge in [0.1, 0.15) is 6.04 Å². The van der Waals surface area contributed by atoms with E-state index in [1.165, 1.54) is 0 Å². The van der Waals surface area contributed by atoms with E-state index < -0.39 is 0 Å². The lowest BCUT2D eigenvalue weighted by atomic mass is 9.92. The number of Topliss-reactive ketones (excluding diaryl/α,β-unsaturated/α-hetero) is 1. The van der Waals surface area contributed by atoms with Crippen LogP contribution in [0.4, 0.5) is 0 Å². The molecule has 0 fully saturated rings. The summed E-state index contributed by atoms with van der Waals surface area (Å²) in [6.07, 6.45) is 3.83. The molecule has 2 heteroatoms. The molecule has 1 unspecified atom stereocenters. The summed E-state index contributed by atoms with van der Waals surface area (Å²) in [4.78, 5) is 12.5. The highest BCUT2D eigenvalue weighted by Gasteiger charge is 2.24. The van der Waals surface area contributed by atoms with Crippen molar-refractivity contribution >= 4 is 11.9 Å². The monoisotopic (exact) mass is 235 g/mol. The van der Waals surface area contributed by atoms with E-state index in [9.17, 15) is 4.79 Å². The number of carbonyl (C=O) groups is 1. The van der Waals surface area contributed by atoms with Gasteiger partial charge in [-0.05, 0) is 23.4 Å². The molecule has 1 aliphatic heterocycles. The van der Waals surface area contributed by atoms with Gasteiger partial charge in [-0.15, -0.1) is 0 Å². The second-order valence-corrected chi connectivity index (χ2v) is 4.29. The molecule has 1 N–H and O–H groups in total. The van der Waals surface area contributed by atoms with Crippen LogP contribution in [-0.4, -0.2) is 5.78 Å². The molecule has 0 spiro atoms. The Hall–Kier alpha value is -2.35. The molecule has 2 nitrogen and oxygen atoms in total. The third-order valence-corrected chi connectivity index (χ3v) is 3.15. The Morgan fingerprint density at radius 2 is 1.67 bits per heavy atom. The minimum atomic E-state index is -0.284. The molecule has 0 aromatic heterocycles. The van der Waals surface area contributed by atoms with Gasteiger partial charge in [0.2, 0.25) is 0 Å². The molecule has 88 valence electrons. The fourth-order valence-corrected chi connectivity index (χ4v) is 2.24. The molecular weight excluding hydrogens is 222 g/mol. The number of carbonyl (C=O) groups excluding carboxylic acids is 1. The van der Waals surface area contributed by atoms with Gasteiger partial charge in [0.15, 0.2) is 5.78 Å². The van der Waals surface area contributed by atoms with Gasteiger partial charge in [-0.25, -0.2) is 0 Å². The minimum Gasteiger partial charge on any atom is -0.377 e. The number of fused-ring (bicyclic) bond motifs is 1. The topological polar surface area (TPSA) is 29.1 Å². The molecule has 1 atom stereocenters. The lowest BCUT2D eigenvalue weighted by molar-refractivity contribution is 0.0949. The van der Waals surface area contributed by atoms with Crippen LogP contribution in [0.2, 0.25) is 0 Å². The molecule has 3 rings (SSSR count). The van der Waals surface area contributed by atoms with Crippen molar-refractivity contribution in [1.29, 1.82) is 0 Å². The van der Waals surface area contributed by atoms with E-state index in [2.05, 4.69) is 5.32 Å². The van der Waals surface area contributed by atoms with Crippen LogP contribution >= 0.6 is 0 Å². The molecule has 2 aromatic rings. The zero-order valence-corrected chi connectivity index (χ0v) is 9.84. The molecule has 2 aromatic carbocycles. The standard InChI is InChI=1S/C16H13NO/c18-16(13-7-2-1-3-8-13)15-14-9-5-4-6-12(14)10-11-17-15/h1-11,15,17H. The summed E-state index contributed by atoms with van der Waals surface area (Å²) >= 11 is 0. The fourth-order valence-electron chi connectivity index (χ4n) is 2.24. The second-order valence-electron chi connectivity index (χ2n) is 4.29. The molecular formula is C16H13NO. The Morgan fingerprint density at radius 1 is 0.944 bits per heavy atom. The first-order valence-corrected chi connectivity index (χ1v) is 5.97. The lowest BCUT2D eigenvalue weighted by Gasteiger charge is -2.22. The largest absolute Gasteiger partial charge is 0.377 e. The van der Waals surface area contributed by atoms with Crippen molar-refractivity contribution in [3.8, 4) is 0 Å². The van der Waals surface area contributed by atoms with Gasteiger partial charge < -0.3 is 5.32 Å². The van der Waals surface area contributed by atoms with Gasteiger partial charge in [-0.2, -0.15) is 0 Å². The van der Waals surface area contributed by atoms with E-state index in [-0.39, 0.29) is 11.8 Å². The molecule has 1 heterocycles. The van der Waals surface area contributed by atoms with Gasteiger partial charge in [0.25, 0.3) is 0 Å². The van der Waals surface area contributed by atoms with E-state index in [1.807, 2.05) is 66.9 Å². The summed E-state index contributed by atoms with van der Waals surface area (Å²) in [6, 6.07) is 17.1. The van der Waals surface area contributed by atoms with E-state index in [1.54, 1.807) is 0 Å². The molecule has 0 radical (unpaired) electrons. The SMILES string of the molecule is O=C(c1ccccc1)C1NC=Cc2ccccc21. The van der Waals surface area contributed by atoms with Crippen LogP contribution in [0.25, 0.3) is 6.08 Å². The van der Waals surface area contributed by atoms with Gasteiger partial charge in [0, 0.05) is 5.56 Å². The van der Waals surface area contributed by atoms with Gasteiger partial charge in [-0.3, -0.25) is 4.79 Å². The zero-order chi connectivity index (χ0) is 12.4. The van der Waals surface area contributed by atoms with Crippen molar-refractivity contribution in [2.75, 3.05) is 0 Å². The molecule has 0 saturated heterocycles. The van der Waals surface area contributed by atoms with Crippen LogP contribution in [-0.2, 0) is 0 Å². The third kappa shape index (κ3) is 1.82. The molecule has 1 aliphatic rings. The zero-order valence-electron chi connectivity index (χ0n) is 9.84. The Kier molecular flexibility index (Phi) is 2.69. The lowest BCUT2D eigenvalue weighted by Crippen LogP contribution is -2.27. The maximum atomic E-state index is 12.5. The van der Waals surface area contributed by atoms with Crippen LogP contribution in [0.15, 0.2) is 60.8 Å². The summed E-state index contributed by atoms with van der Waals surface area (Å²) in [5.41, 5.74) is 2.87. The Balaban J connectivity index is 2.00. The summed E-state index contributed by atoms with van der Waals surface area (Å²) in [5, 5.41) is 3.14. The smallest absolute Gasteiger partial charge is 0.189 e. The van der Waals surface area contributed by atoms with Crippen molar-refractivity contribution in [2.45, 2.75) is 6.04 Å². The third-order valence-electron chi connectivity index (χ3n) is 3.15. The van der Waals surface area contributed by atoms with Crippen LogP contribution in [0.1, 0.15) is 27.5 Å². The summed E-state index contributed by atoms with van der Waals surface area (Å²) < 4.78 is 0. The second kappa shape index (κ2) is 4.49. The van der Waals surface area contributed by atoms with Crippen LogP contribution in [0, 0.1) is 0 Å². The summed E-state index contributed by atoms with van der Waals surface area (Å²) in [7, 11) is 0. The number of hydrogen-bond acceptors (Lipinski definition) is 2. The van der Waals surface area contributed by atoms with Crippen molar-refractivity contribution in [3.05, 3.63) is 77.5 Å². The Morgan fingerprint density at radius 3 is 2.50 bits per heavy atom. The fraction of sp³-hybridized carbons (Fsp3) is 0.0625. The molecule has 0 saturated carbocycles. The maximum absolute atomic E-state index is 12.5. The minimum absolute atomic E-state index is 0.104. The number of benzene rings is 2. The summed E-state index contributed by atoms with van der Waals surface area (Å²) in [5.74, 6) is 0.104. The van der Waals surface area contributed by atoms with Crippen LogP contribution in [0.5, 0.6) is 0 Å². The maximum Gasteiger partial charge on any atom is 0.189 e. The number of hydrogen-bond donors (Lipinski definition) is 1. The van der Waals surface area contributed by atoms with Crippen LogP contribution < -0.4 is 5.32 Å². The molecule has 0 aliphatic carbocycles. The van der Waals surface area contributed by atoms with Crippen molar-refractivity contribution < 1.29 is 4.79 Å². The highest BCUT2D eigenvalue weighted by Crippen LogP contribution is 2.26. The van der Waals surface area contributed by atoms with Crippen molar-refractivity contribution in [1.82, 2.24) is 5.32 Å². The van der Waals surface area contributed by atoms with Crippen LogP contribution in [0.3, 0.4) is 0 Å². The highest BCUT2D eigenvalue weighted by atomic mass is 16.1. The predicted molar refractivity (Wildman–Crippen MR) is 72.1 cm³/mol. The van der Waals surface area contributed by atoms with Crippen molar-refractivity contribution in [3.63, 3.8) is 0 Å². The average molecular weight is 235 g/mol. The van der Waals surface area contributed by atoms with E-state index >= 15 is 0 Å². The van der Waals surface area contributed by atoms with Gasteiger partial charge in [0.05, 0.1) is 0 Å². The first kappa shape index (κ1) is 10.8. The van der Waals surface area contributed by atoms with Gasteiger partial charge in [-0.1, -0.05) is 54.6 Å². The number of nitrogens with one attached hydrogen (secondary N) is 1. The Labute approximate surface area is 106 Å². The quantitative estimate of drug-likeness (QED) is 0.810. The average Bonchev–Trinajstić information content (AvgIpc) is 2.47. The number of ketones is 1. The van der Waals surface area contributed by atoms with E-state index in [0.29, 0.717) is 0 Å². The highest BCUT2D eigenvalue weighted by molar-refractivity contribution is 6.01. The first-order chi connectivity index (χ1) is 8.86. The van der Waals surface area contributed by atoms with Gasteiger partial charge >= 0.3 is 0 Å². The van der Waals surface area contributed by atoms with E-state index in [4.69, 9.17) is 0 Å². The predicted octanol–water partition coefficient (Wildman–Crippen LogP) is 3.18. The van der Waals surface area contributed by atoms with E-state index in [0.717, 1.165) is 16.7 Å². The molecule has 0 bridgehead atoms. The number of rotatable bonds is 2. The molecule has 0 amide bonds. The Bertz CT molecular complexity index is 602. The first-order valence-electron chi connectivity index (χ1n) is 5.97. The summed E-state index contributed by atoms with van der Waals surface area (Å²) in [6.45, 7) is 0. The normalized spacial score (nSPS) is 16.8.